The lowest BCUT2D eigenvalue weighted by atomic mass is 10.0. The van der Waals surface area contributed by atoms with Gasteiger partial charge in [-0.2, -0.15) is 23.5 Å². The quantitative estimate of drug-likeness (QED) is 0.189. The summed E-state index contributed by atoms with van der Waals surface area (Å²) in [5.74, 6) is -1.31. The van der Waals surface area contributed by atoms with Crippen LogP contribution < -0.4 is 21.3 Å². The summed E-state index contributed by atoms with van der Waals surface area (Å²) in [6.07, 6.45) is 5.99. The first-order valence-corrected chi connectivity index (χ1v) is 14.7. The van der Waals surface area contributed by atoms with Gasteiger partial charge in [-0.15, -0.1) is 0 Å². The van der Waals surface area contributed by atoms with Crippen LogP contribution in [0.4, 0.5) is 0 Å². The zero-order valence-electron chi connectivity index (χ0n) is 20.6. The molecule has 1 aromatic carbocycles. The minimum absolute atomic E-state index is 0.0854. The summed E-state index contributed by atoms with van der Waals surface area (Å²) in [4.78, 5) is 50.7. The van der Waals surface area contributed by atoms with E-state index in [-0.39, 0.29) is 30.5 Å². The zero-order valence-corrected chi connectivity index (χ0v) is 22.3. The number of aliphatic carboxylic acids is 1. The third kappa shape index (κ3) is 9.90. The van der Waals surface area contributed by atoms with Gasteiger partial charge in [0.15, 0.2) is 0 Å². The molecule has 0 aliphatic carbocycles. The molecule has 1 fully saturated rings. The summed E-state index contributed by atoms with van der Waals surface area (Å²) >= 11 is 2.98. The van der Waals surface area contributed by atoms with E-state index < -0.39 is 35.9 Å². The second-order valence-electron chi connectivity index (χ2n) is 8.60. The summed E-state index contributed by atoms with van der Waals surface area (Å²) < 4.78 is 0. The van der Waals surface area contributed by atoms with Crippen molar-refractivity contribution in [3.8, 4) is 5.75 Å². The molecule has 36 heavy (non-hydrogen) atoms. The van der Waals surface area contributed by atoms with Crippen molar-refractivity contribution < 1.29 is 29.4 Å². The molecule has 1 aliphatic heterocycles. The summed E-state index contributed by atoms with van der Waals surface area (Å²) in [5.41, 5.74) is 0.723. The normalized spacial score (nSPS) is 17.6. The Morgan fingerprint density at radius 3 is 2.08 bits per heavy atom. The molecule has 1 heterocycles. The standard InChI is InChI=1S/C24H36N4O6S2/c1-35-12-9-18(22(31)27-19(24(33)34)10-13-36-2)26-23(32)20(14-15-5-7-16(29)8-6-15)28-21(30)17-4-3-11-25-17/h5-8,17-20,25,29H,3-4,9-14H2,1-2H3,(H,26,32)(H,27,31)(H,28,30)(H,33,34). The number of nitrogens with one attached hydrogen (secondary N) is 4. The molecule has 0 aromatic heterocycles. The fraction of sp³-hybridized carbons (Fsp3) is 0.583. The van der Waals surface area contributed by atoms with Crippen molar-refractivity contribution in [3.05, 3.63) is 29.8 Å². The third-order valence-corrected chi connectivity index (χ3v) is 7.14. The van der Waals surface area contributed by atoms with E-state index in [1.807, 2.05) is 12.5 Å². The fourth-order valence-corrected chi connectivity index (χ4v) is 4.74. The average Bonchev–Trinajstić information content (AvgIpc) is 3.40. The Hall–Kier alpha value is -2.44. The van der Waals surface area contributed by atoms with Gasteiger partial charge in [-0.05, 0) is 73.9 Å². The third-order valence-electron chi connectivity index (χ3n) is 5.85. The van der Waals surface area contributed by atoms with Crippen LogP contribution >= 0.6 is 23.5 Å². The van der Waals surface area contributed by atoms with Crippen molar-refractivity contribution in [2.45, 2.75) is 56.3 Å². The maximum Gasteiger partial charge on any atom is 0.326 e. The molecule has 10 nitrogen and oxygen atoms in total. The fourth-order valence-electron chi connectivity index (χ4n) is 3.80. The van der Waals surface area contributed by atoms with Gasteiger partial charge in [0.2, 0.25) is 17.7 Å². The van der Waals surface area contributed by atoms with Crippen LogP contribution in [0.15, 0.2) is 24.3 Å². The Kier molecular flexibility index (Phi) is 12.9. The molecular weight excluding hydrogens is 504 g/mol. The van der Waals surface area contributed by atoms with Crippen LogP contribution in [0, 0.1) is 0 Å². The number of phenols is 1. The molecule has 4 atom stereocenters. The van der Waals surface area contributed by atoms with Crippen molar-refractivity contribution in [2.24, 2.45) is 0 Å². The van der Waals surface area contributed by atoms with E-state index in [2.05, 4.69) is 21.3 Å². The highest BCUT2D eigenvalue weighted by molar-refractivity contribution is 7.98. The molecule has 0 saturated carbocycles. The number of hydrogen-bond acceptors (Lipinski definition) is 8. The van der Waals surface area contributed by atoms with Gasteiger partial charge in [0.05, 0.1) is 6.04 Å². The predicted octanol–water partition coefficient (Wildman–Crippen LogP) is 0.732. The van der Waals surface area contributed by atoms with Crippen LogP contribution in [0.25, 0.3) is 0 Å². The first kappa shape index (κ1) is 29.8. The lowest BCUT2D eigenvalue weighted by Crippen LogP contribution is -2.57. The van der Waals surface area contributed by atoms with Gasteiger partial charge in [0, 0.05) is 6.42 Å². The zero-order chi connectivity index (χ0) is 26.5. The molecule has 0 spiro atoms. The van der Waals surface area contributed by atoms with E-state index in [0.29, 0.717) is 24.3 Å². The van der Waals surface area contributed by atoms with Crippen LogP contribution in [0.2, 0.25) is 0 Å². The largest absolute Gasteiger partial charge is 0.508 e. The number of rotatable bonds is 15. The van der Waals surface area contributed by atoms with Crippen LogP contribution in [0.5, 0.6) is 5.75 Å². The molecule has 1 saturated heterocycles. The number of carbonyl (C=O) groups excluding carboxylic acids is 3. The van der Waals surface area contributed by atoms with E-state index in [4.69, 9.17) is 0 Å². The Morgan fingerprint density at radius 2 is 1.53 bits per heavy atom. The smallest absolute Gasteiger partial charge is 0.326 e. The number of benzene rings is 1. The second kappa shape index (κ2) is 15.6. The van der Waals surface area contributed by atoms with Gasteiger partial charge >= 0.3 is 5.97 Å². The lowest BCUT2D eigenvalue weighted by Gasteiger charge is -2.25. The van der Waals surface area contributed by atoms with E-state index in [0.717, 1.165) is 18.5 Å². The molecule has 3 amide bonds. The van der Waals surface area contributed by atoms with Crippen molar-refractivity contribution in [1.82, 2.24) is 21.3 Å². The van der Waals surface area contributed by atoms with Crippen LogP contribution in [0.1, 0.15) is 31.2 Å². The Morgan fingerprint density at radius 1 is 0.944 bits per heavy atom. The molecular formula is C24H36N4O6S2. The molecule has 4 unspecified atom stereocenters. The number of amides is 3. The lowest BCUT2D eigenvalue weighted by molar-refractivity contribution is -0.142. The monoisotopic (exact) mass is 540 g/mol. The van der Waals surface area contributed by atoms with Gasteiger partial charge in [0.25, 0.3) is 0 Å². The Balaban J connectivity index is 2.16. The number of phenolic OH excluding ortho intramolecular Hbond substituents is 1. The highest BCUT2D eigenvalue weighted by Gasteiger charge is 2.31. The summed E-state index contributed by atoms with van der Waals surface area (Å²) in [6, 6.07) is 2.97. The van der Waals surface area contributed by atoms with Gasteiger partial charge < -0.3 is 31.5 Å². The molecule has 12 heteroatoms. The average molecular weight is 541 g/mol. The minimum atomic E-state index is -1.13. The molecule has 0 radical (unpaired) electrons. The highest BCUT2D eigenvalue weighted by Crippen LogP contribution is 2.13. The minimum Gasteiger partial charge on any atom is -0.508 e. The number of carboxylic acid groups (broad SMARTS) is 1. The van der Waals surface area contributed by atoms with Crippen LogP contribution in [-0.4, -0.2) is 88.6 Å². The summed E-state index contributed by atoms with van der Waals surface area (Å²) in [5, 5.41) is 30.2. The van der Waals surface area contributed by atoms with Crippen molar-refractivity contribution in [3.63, 3.8) is 0 Å². The molecule has 0 bridgehead atoms. The first-order valence-electron chi connectivity index (χ1n) is 11.9. The number of aromatic hydroxyl groups is 1. The Labute approximate surface area is 220 Å². The van der Waals surface area contributed by atoms with E-state index >= 15 is 0 Å². The van der Waals surface area contributed by atoms with E-state index in [1.54, 1.807) is 12.1 Å². The van der Waals surface area contributed by atoms with E-state index in [1.165, 1.54) is 35.7 Å². The number of carbonyl (C=O) groups is 4. The van der Waals surface area contributed by atoms with Crippen molar-refractivity contribution in [1.29, 1.82) is 0 Å². The van der Waals surface area contributed by atoms with Crippen molar-refractivity contribution in [2.75, 3.05) is 30.6 Å². The number of thioether (sulfide) groups is 2. The second-order valence-corrected chi connectivity index (χ2v) is 10.6. The SMILES string of the molecule is CSCCC(NC(=O)C(CCSC)NC(=O)C(Cc1ccc(O)cc1)NC(=O)C1CCCN1)C(=O)O. The van der Waals surface area contributed by atoms with Gasteiger partial charge in [-0.3, -0.25) is 14.4 Å². The Bertz CT molecular complexity index is 880. The molecule has 6 N–H and O–H groups in total. The highest BCUT2D eigenvalue weighted by atomic mass is 32.2. The first-order chi connectivity index (χ1) is 17.2. The van der Waals surface area contributed by atoms with Crippen LogP contribution in [0.3, 0.4) is 0 Å². The van der Waals surface area contributed by atoms with Crippen molar-refractivity contribution >= 4 is 47.2 Å². The molecule has 1 aliphatic rings. The van der Waals surface area contributed by atoms with E-state index in [9.17, 15) is 29.4 Å². The predicted molar refractivity (Wildman–Crippen MR) is 142 cm³/mol. The van der Waals surface area contributed by atoms with Gasteiger partial charge in [-0.25, -0.2) is 4.79 Å². The number of carboxylic acids is 1. The topological polar surface area (TPSA) is 157 Å². The molecule has 2 rings (SSSR count). The molecule has 1 aromatic rings. The molecule has 200 valence electrons. The van der Waals surface area contributed by atoms with Gasteiger partial charge in [-0.1, -0.05) is 12.1 Å². The van der Waals surface area contributed by atoms with Gasteiger partial charge in [0.1, 0.15) is 23.9 Å². The number of hydrogen-bond donors (Lipinski definition) is 6. The maximum atomic E-state index is 13.3. The maximum absolute atomic E-state index is 13.3. The summed E-state index contributed by atoms with van der Waals surface area (Å²) in [7, 11) is 0. The van der Waals surface area contributed by atoms with Crippen LogP contribution in [-0.2, 0) is 25.6 Å². The summed E-state index contributed by atoms with van der Waals surface area (Å²) in [6.45, 7) is 0.727.